The van der Waals surface area contributed by atoms with Gasteiger partial charge in [0.25, 0.3) is 0 Å². The van der Waals surface area contributed by atoms with Crippen molar-refractivity contribution in [3.63, 3.8) is 0 Å². The van der Waals surface area contributed by atoms with E-state index in [1.165, 1.54) is 5.56 Å². The minimum atomic E-state index is 0.262. The monoisotopic (exact) mass is 173 g/mol. The number of pyridine rings is 1. The molecule has 3 rings (SSSR count). The van der Waals surface area contributed by atoms with Crippen LogP contribution >= 0.6 is 0 Å². The quantitative estimate of drug-likeness (QED) is 0.596. The van der Waals surface area contributed by atoms with Gasteiger partial charge in [0.2, 0.25) is 0 Å². The van der Waals surface area contributed by atoms with Crippen LogP contribution in [0, 0.1) is 0 Å². The standard InChI is InChI=1S/C11H11NO/c1-4-10-9(3-2-6-12-10)11(5-1)7-13-8-11/h1-4,6H,5,7-8H2. The third-order valence-corrected chi connectivity index (χ3v) is 2.95. The van der Waals surface area contributed by atoms with E-state index in [4.69, 9.17) is 4.74 Å². The Labute approximate surface area is 77.3 Å². The second-order valence-electron chi connectivity index (χ2n) is 3.82. The number of aromatic nitrogens is 1. The van der Waals surface area contributed by atoms with Crippen LogP contribution < -0.4 is 0 Å². The Balaban J connectivity index is 2.17. The third kappa shape index (κ3) is 0.893. The minimum Gasteiger partial charge on any atom is -0.379 e. The van der Waals surface area contributed by atoms with Gasteiger partial charge in [-0.1, -0.05) is 12.1 Å². The summed E-state index contributed by atoms with van der Waals surface area (Å²) in [5.41, 5.74) is 2.75. The fraction of sp³-hybridized carbons (Fsp3) is 0.364. The summed E-state index contributed by atoms with van der Waals surface area (Å²) in [6, 6.07) is 4.19. The molecule has 1 aromatic heterocycles. The largest absolute Gasteiger partial charge is 0.379 e. The van der Waals surface area contributed by atoms with Crippen molar-refractivity contribution in [3.05, 3.63) is 35.7 Å². The highest BCUT2D eigenvalue weighted by Crippen LogP contribution is 2.40. The van der Waals surface area contributed by atoms with Gasteiger partial charge in [-0.05, 0) is 24.1 Å². The van der Waals surface area contributed by atoms with Gasteiger partial charge in [-0.2, -0.15) is 0 Å². The summed E-state index contributed by atoms with van der Waals surface area (Å²) in [4.78, 5) is 4.35. The van der Waals surface area contributed by atoms with Gasteiger partial charge < -0.3 is 4.74 Å². The topological polar surface area (TPSA) is 22.1 Å². The summed E-state index contributed by atoms with van der Waals surface area (Å²) in [6.07, 6.45) is 7.27. The molecule has 1 aliphatic heterocycles. The van der Waals surface area contributed by atoms with Crippen molar-refractivity contribution in [2.75, 3.05) is 13.2 Å². The van der Waals surface area contributed by atoms with E-state index >= 15 is 0 Å². The predicted molar refractivity (Wildman–Crippen MR) is 50.4 cm³/mol. The van der Waals surface area contributed by atoms with Crippen molar-refractivity contribution in [2.24, 2.45) is 0 Å². The number of allylic oxidation sites excluding steroid dienone is 1. The predicted octanol–water partition coefficient (Wildman–Crippen LogP) is 1.77. The normalized spacial score (nSPS) is 22.5. The van der Waals surface area contributed by atoms with E-state index in [1.54, 1.807) is 0 Å². The Morgan fingerprint density at radius 2 is 2.31 bits per heavy atom. The summed E-state index contributed by atoms with van der Waals surface area (Å²) >= 11 is 0. The highest BCUT2D eigenvalue weighted by molar-refractivity contribution is 5.56. The lowest BCUT2D eigenvalue weighted by Crippen LogP contribution is -2.47. The maximum atomic E-state index is 5.31. The van der Waals surface area contributed by atoms with Crippen molar-refractivity contribution in [3.8, 4) is 0 Å². The maximum absolute atomic E-state index is 5.31. The van der Waals surface area contributed by atoms with Crippen LogP contribution in [-0.2, 0) is 10.2 Å². The average Bonchev–Trinajstić information content (AvgIpc) is 2.14. The van der Waals surface area contributed by atoms with Crippen LogP contribution in [0.4, 0.5) is 0 Å². The molecule has 13 heavy (non-hydrogen) atoms. The van der Waals surface area contributed by atoms with E-state index in [0.717, 1.165) is 25.3 Å². The molecule has 2 heteroatoms. The van der Waals surface area contributed by atoms with Crippen molar-refractivity contribution in [1.82, 2.24) is 4.98 Å². The van der Waals surface area contributed by atoms with Crippen molar-refractivity contribution in [2.45, 2.75) is 11.8 Å². The number of hydrogen-bond acceptors (Lipinski definition) is 2. The number of rotatable bonds is 0. The zero-order valence-electron chi connectivity index (χ0n) is 7.36. The molecule has 0 bridgehead atoms. The molecule has 1 aromatic rings. The van der Waals surface area contributed by atoms with Crippen LogP contribution in [0.25, 0.3) is 6.08 Å². The SMILES string of the molecule is C1=Cc2ncccc2C2(C1)COC2. The van der Waals surface area contributed by atoms with E-state index in [0.29, 0.717) is 0 Å². The van der Waals surface area contributed by atoms with Crippen molar-refractivity contribution >= 4 is 6.08 Å². The Hall–Kier alpha value is -1.15. The van der Waals surface area contributed by atoms with Crippen LogP contribution in [0.1, 0.15) is 17.7 Å². The van der Waals surface area contributed by atoms with Gasteiger partial charge in [-0.25, -0.2) is 0 Å². The molecule has 0 atom stereocenters. The Kier molecular flexibility index (Phi) is 1.35. The number of hydrogen-bond donors (Lipinski definition) is 0. The first kappa shape index (κ1) is 7.27. The molecule has 2 aliphatic rings. The Morgan fingerprint density at radius 1 is 1.38 bits per heavy atom. The van der Waals surface area contributed by atoms with Crippen LogP contribution in [0.3, 0.4) is 0 Å². The van der Waals surface area contributed by atoms with Gasteiger partial charge in [0.1, 0.15) is 0 Å². The molecule has 1 saturated heterocycles. The van der Waals surface area contributed by atoms with Crippen molar-refractivity contribution < 1.29 is 4.74 Å². The fourth-order valence-corrected chi connectivity index (χ4v) is 2.13. The second-order valence-corrected chi connectivity index (χ2v) is 3.82. The van der Waals surface area contributed by atoms with Gasteiger partial charge in [-0.3, -0.25) is 4.98 Å². The first-order valence-corrected chi connectivity index (χ1v) is 4.61. The fourth-order valence-electron chi connectivity index (χ4n) is 2.13. The van der Waals surface area contributed by atoms with E-state index in [2.05, 4.69) is 23.2 Å². The van der Waals surface area contributed by atoms with Gasteiger partial charge in [0, 0.05) is 11.6 Å². The van der Waals surface area contributed by atoms with Gasteiger partial charge >= 0.3 is 0 Å². The van der Waals surface area contributed by atoms with Crippen molar-refractivity contribution in [1.29, 1.82) is 0 Å². The first-order valence-electron chi connectivity index (χ1n) is 4.61. The summed E-state index contributed by atoms with van der Waals surface area (Å²) < 4.78 is 5.31. The van der Waals surface area contributed by atoms with Crippen LogP contribution in [0.5, 0.6) is 0 Å². The maximum Gasteiger partial charge on any atom is 0.0665 e. The zero-order valence-corrected chi connectivity index (χ0v) is 7.36. The molecule has 1 aliphatic carbocycles. The van der Waals surface area contributed by atoms with E-state index in [9.17, 15) is 0 Å². The second kappa shape index (κ2) is 2.42. The molecule has 2 nitrogen and oxygen atoms in total. The summed E-state index contributed by atoms with van der Waals surface area (Å²) in [7, 11) is 0. The lowest BCUT2D eigenvalue weighted by Gasteiger charge is -2.43. The molecule has 2 heterocycles. The number of fused-ring (bicyclic) bond motifs is 2. The molecule has 66 valence electrons. The lowest BCUT2D eigenvalue weighted by atomic mass is 9.73. The first-order chi connectivity index (χ1) is 6.41. The molecule has 0 unspecified atom stereocenters. The molecule has 0 radical (unpaired) electrons. The highest BCUT2D eigenvalue weighted by Gasteiger charge is 2.42. The molecule has 0 N–H and O–H groups in total. The number of ether oxygens (including phenoxy) is 1. The smallest absolute Gasteiger partial charge is 0.0665 e. The highest BCUT2D eigenvalue weighted by atomic mass is 16.5. The molecular formula is C11H11NO. The summed E-state index contributed by atoms with van der Waals surface area (Å²) in [5, 5.41) is 0. The molecule has 1 fully saturated rings. The minimum absolute atomic E-state index is 0.262. The molecule has 0 amide bonds. The van der Waals surface area contributed by atoms with Crippen LogP contribution in [0.2, 0.25) is 0 Å². The van der Waals surface area contributed by atoms with E-state index in [-0.39, 0.29) is 5.41 Å². The van der Waals surface area contributed by atoms with Crippen LogP contribution in [0.15, 0.2) is 24.4 Å². The van der Waals surface area contributed by atoms with E-state index < -0.39 is 0 Å². The Morgan fingerprint density at radius 3 is 3.08 bits per heavy atom. The molecule has 0 saturated carbocycles. The third-order valence-electron chi connectivity index (χ3n) is 2.95. The summed E-state index contributed by atoms with van der Waals surface area (Å²) in [5.74, 6) is 0. The lowest BCUT2D eigenvalue weighted by molar-refractivity contribution is -0.0593. The number of nitrogens with zero attached hydrogens (tertiary/aromatic N) is 1. The molecule has 0 aromatic carbocycles. The van der Waals surface area contributed by atoms with Gasteiger partial charge in [0.15, 0.2) is 0 Å². The average molecular weight is 173 g/mol. The van der Waals surface area contributed by atoms with E-state index in [1.807, 2.05) is 12.3 Å². The Bertz CT molecular complexity index is 366. The molecular weight excluding hydrogens is 162 g/mol. The van der Waals surface area contributed by atoms with Gasteiger partial charge in [0.05, 0.1) is 18.9 Å². The zero-order chi connectivity index (χ0) is 8.73. The summed E-state index contributed by atoms with van der Waals surface area (Å²) in [6.45, 7) is 1.71. The molecule has 1 spiro atoms. The van der Waals surface area contributed by atoms with Crippen LogP contribution in [-0.4, -0.2) is 18.2 Å². The van der Waals surface area contributed by atoms with Gasteiger partial charge in [-0.15, -0.1) is 0 Å².